The normalized spacial score (nSPS) is 11.9. The highest BCUT2D eigenvalue weighted by Crippen LogP contribution is 2.22. The van der Waals surface area contributed by atoms with Crippen molar-refractivity contribution in [1.29, 1.82) is 0 Å². The molecular weight excluding hydrogens is 290 g/mol. The minimum absolute atomic E-state index is 0.0166. The molecule has 0 saturated carbocycles. The molecule has 0 aromatic heterocycles. The summed E-state index contributed by atoms with van der Waals surface area (Å²) in [5.74, 6) is 1.24. The average Bonchev–Trinajstić information content (AvgIpc) is 2.54. The first-order valence-electron chi connectivity index (χ1n) is 7.71. The van der Waals surface area contributed by atoms with E-state index in [0.717, 1.165) is 11.3 Å². The van der Waals surface area contributed by atoms with Crippen molar-refractivity contribution in [3.63, 3.8) is 0 Å². The van der Waals surface area contributed by atoms with E-state index in [1.165, 1.54) is 0 Å². The highest BCUT2D eigenvalue weighted by molar-refractivity contribution is 5.97. The van der Waals surface area contributed by atoms with Crippen molar-refractivity contribution in [2.45, 2.75) is 32.9 Å². The van der Waals surface area contributed by atoms with Gasteiger partial charge >= 0.3 is 0 Å². The van der Waals surface area contributed by atoms with Crippen LogP contribution in [0.3, 0.4) is 0 Å². The molecule has 0 heterocycles. The molecule has 1 N–H and O–H groups in total. The van der Waals surface area contributed by atoms with Gasteiger partial charge in [0.05, 0.1) is 24.8 Å². The van der Waals surface area contributed by atoms with Gasteiger partial charge in [-0.05, 0) is 50.6 Å². The summed E-state index contributed by atoms with van der Waals surface area (Å²) in [5, 5.41) is 3.00. The highest BCUT2D eigenvalue weighted by Gasteiger charge is 2.16. The summed E-state index contributed by atoms with van der Waals surface area (Å²) < 4.78 is 10.9. The molecule has 0 unspecified atom stereocenters. The fourth-order valence-corrected chi connectivity index (χ4v) is 2.26. The van der Waals surface area contributed by atoms with Crippen molar-refractivity contribution in [3.05, 3.63) is 59.7 Å². The standard InChI is InChI=1S/C19H23NO3/c1-13(2)23-18-8-6-5-7-17(18)19(21)20-14(3)15-9-11-16(22-4)12-10-15/h5-14H,1-4H3,(H,20,21)/t14-/m0/s1. The lowest BCUT2D eigenvalue weighted by molar-refractivity contribution is 0.0934. The van der Waals surface area contributed by atoms with Crippen molar-refractivity contribution >= 4 is 5.91 Å². The van der Waals surface area contributed by atoms with Crippen LogP contribution in [-0.2, 0) is 0 Å². The first-order chi connectivity index (χ1) is 11.0. The lowest BCUT2D eigenvalue weighted by Gasteiger charge is -2.17. The van der Waals surface area contributed by atoms with Crippen LogP contribution in [0.2, 0.25) is 0 Å². The third-order valence-corrected chi connectivity index (χ3v) is 3.46. The number of rotatable bonds is 6. The Balaban J connectivity index is 2.11. The number of para-hydroxylation sites is 1. The van der Waals surface area contributed by atoms with E-state index in [2.05, 4.69) is 5.32 Å². The largest absolute Gasteiger partial charge is 0.497 e. The van der Waals surface area contributed by atoms with Crippen LogP contribution in [-0.4, -0.2) is 19.1 Å². The Labute approximate surface area is 137 Å². The van der Waals surface area contributed by atoms with Crippen LogP contribution in [0.15, 0.2) is 48.5 Å². The molecule has 0 fully saturated rings. The van der Waals surface area contributed by atoms with E-state index in [1.54, 1.807) is 13.2 Å². The molecule has 0 radical (unpaired) electrons. The van der Waals surface area contributed by atoms with Gasteiger partial charge in [-0.1, -0.05) is 24.3 Å². The van der Waals surface area contributed by atoms with Crippen molar-refractivity contribution in [2.24, 2.45) is 0 Å². The van der Waals surface area contributed by atoms with Gasteiger partial charge < -0.3 is 14.8 Å². The van der Waals surface area contributed by atoms with Crippen LogP contribution in [0, 0.1) is 0 Å². The predicted molar refractivity (Wildman–Crippen MR) is 91.1 cm³/mol. The number of hydrogen-bond acceptors (Lipinski definition) is 3. The zero-order valence-corrected chi connectivity index (χ0v) is 14.0. The predicted octanol–water partition coefficient (Wildman–Crippen LogP) is 3.97. The third-order valence-electron chi connectivity index (χ3n) is 3.46. The molecular formula is C19H23NO3. The summed E-state index contributed by atoms with van der Waals surface area (Å²) in [6.45, 7) is 5.83. The lowest BCUT2D eigenvalue weighted by Crippen LogP contribution is -2.27. The molecule has 2 aromatic carbocycles. The zero-order chi connectivity index (χ0) is 16.8. The summed E-state index contributed by atoms with van der Waals surface area (Å²) in [4.78, 5) is 12.5. The third kappa shape index (κ3) is 4.49. The number of amides is 1. The van der Waals surface area contributed by atoms with E-state index >= 15 is 0 Å². The van der Waals surface area contributed by atoms with Crippen LogP contribution in [0.1, 0.15) is 42.7 Å². The second-order valence-electron chi connectivity index (χ2n) is 5.63. The topological polar surface area (TPSA) is 47.6 Å². The summed E-state index contributed by atoms with van der Waals surface area (Å²) in [7, 11) is 1.63. The Morgan fingerprint density at radius 3 is 2.26 bits per heavy atom. The number of ether oxygens (including phenoxy) is 2. The number of benzene rings is 2. The summed E-state index contributed by atoms with van der Waals surface area (Å²) in [6, 6.07) is 14.8. The summed E-state index contributed by atoms with van der Waals surface area (Å²) in [6.07, 6.45) is 0.0166. The van der Waals surface area contributed by atoms with E-state index in [0.29, 0.717) is 11.3 Å². The molecule has 0 spiro atoms. The molecule has 0 aliphatic heterocycles. The maximum atomic E-state index is 12.5. The van der Waals surface area contributed by atoms with E-state index in [-0.39, 0.29) is 18.1 Å². The van der Waals surface area contributed by atoms with Crippen molar-refractivity contribution in [2.75, 3.05) is 7.11 Å². The second-order valence-corrected chi connectivity index (χ2v) is 5.63. The first kappa shape index (κ1) is 16.9. The van der Waals surface area contributed by atoms with Gasteiger partial charge in [-0.2, -0.15) is 0 Å². The van der Waals surface area contributed by atoms with Gasteiger partial charge in [0.2, 0.25) is 0 Å². The first-order valence-corrected chi connectivity index (χ1v) is 7.71. The van der Waals surface area contributed by atoms with Gasteiger partial charge in [0, 0.05) is 0 Å². The Morgan fingerprint density at radius 2 is 1.65 bits per heavy atom. The van der Waals surface area contributed by atoms with Crippen LogP contribution in [0.4, 0.5) is 0 Å². The van der Waals surface area contributed by atoms with Crippen LogP contribution >= 0.6 is 0 Å². The molecule has 0 saturated heterocycles. The Hall–Kier alpha value is -2.49. The molecule has 4 heteroatoms. The van der Waals surface area contributed by atoms with Gasteiger partial charge in [0.15, 0.2) is 0 Å². The van der Waals surface area contributed by atoms with E-state index < -0.39 is 0 Å². The van der Waals surface area contributed by atoms with Crippen molar-refractivity contribution < 1.29 is 14.3 Å². The molecule has 122 valence electrons. The average molecular weight is 313 g/mol. The smallest absolute Gasteiger partial charge is 0.255 e. The van der Waals surface area contributed by atoms with Gasteiger partial charge in [-0.15, -0.1) is 0 Å². The van der Waals surface area contributed by atoms with E-state index in [9.17, 15) is 4.79 Å². The quantitative estimate of drug-likeness (QED) is 0.877. The zero-order valence-electron chi connectivity index (χ0n) is 14.0. The monoisotopic (exact) mass is 313 g/mol. The van der Waals surface area contributed by atoms with E-state index in [4.69, 9.17) is 9.47 Å². The molecule has 2 aromatic rings. The number of nitrogens with one attached hydrogen (secondary N) is 1. The lowest BCUT2D eigenvalue weighted by atomic mass is 10.1. The van der Waals surface area contributed by atoms with Gasteiger partial charge in [-0.25, -0.2) is 0 Å². The Kier molecular flexibility index (Phi) is 5.63. The summed E-state index contributed by atoms with van der Waals surface area (Å²) in [5.41, 5.74) is 1.56. The molecule has 0 aliphatic rings. The highest BCUT2D eigenvalue weighted by atomic mass is 16.5. The Bertz CT molecular complexity index is 650. The molecule has 23 heavy (non-hydrogen) atoms. The minimum atomic E-state index is -0.149. The fraction of sp³-hybridized carbons (Fsp3) is 0.316. The van der Waals surface area contributed by atoms with E-state index in [1.807, 2.05) is 63.2 Å². The molecule has 4 nitrogen and oxygen atoms in total. The van der Waals surface area contributed by atoms with Gasteiger partial charge in [0.25, 0.3) is 5.91 Å². The van der Waals surface area contributed by atoms with Gasteiger partial charge in [-0.3, -0.25) is 4.79 Å². The maximum absolute atomic E-state index is 12.5. The number of methoxy groups -OCH3 is 1. The Morgan fingerprint density at radius 1 is 1.00 bits per heavy atom. The molecule has 1 atom stereocenters. The number of carbonyl (C=O) groups is 1. The molecule has 0 aliphatic carbocycles. The van der Waals surface area contributed by atoms with Crippen LogP contribution in [0.25, 0.3) is 0 Å². The number of hydrogen-bond donors (Lipinski definition) is 1. The minimum Gasteiger partial charge on any atom is -0.497 e. The molecule has 2 rings (SSSR count). The summed E-state index contributed by atoms with van der Waals surface area (Å²) >= 11 is 0. The van der Waals surface area contributed by atoms with Crippen molar-refractivity contribution in [1.82, 2.24) is 5.32 Å². The van der Waals surface area contributed by atoms with Crippen LogP contribution < -0.4 is 14.8 Å². The maximum Gasteiger partial charge on any atom is 0.255 e. The molecule has 0 bridgehead atoms. The fourth-order valence-electron chi connectivity index (χ4n) is 2.26. The molecule has 1 amide bonds. The van der Waals surface area contributed by atoms with Crippen molar-refractivity contribution in [3.8, 4) is 11.5 Å². The SMILES string of the molecule is COc1ccc([C@H](C)NC(=O)c2ccccc2OC(C)C)cc1. The van der Waals surface area contributed by atoms with Gasteiger partial charge in [0.1, 0.15) is 11.5 Å². The second kappa shape index (κ2) is 7.68. The van der Waals surface area contributed by atoms with Crippen LogP contribution in [0.5, 0.6) is 11.5 Å². The number of carbonyl (C=O) groups excluding carboxylic acids is 1.